The van der Waals surface area contributed by atoms with Crippen LogP contribution in [0.2, 0.25) is 0 Å². The number of ether oxygens (including phenoxy) is 1. The molecule has 82 valence electrons. The SMILES string of the molecule is C=CC[C@H](CC)Nc1ccc(OC)cc1. The van der Waals surface area contributed by atoms with Crippen LogP contribution in [-0.4, -0.2) is 13.2 Å². The van der Waals surface area contributed by atoms with Gasteiger partial charge in [0.2, 0.25) is 0 Å². The van der Waals surface area contributed by atoms with Crippen LogP contribution in [-0.2, 0) is 0 Å². The monoisotopic (exact) mass is 205 g/mol. The second kappa shape index (κ2) is 6.12. The number of hydrogen-bond donors (Lipinski definition) is 1. The van der Waals surface area contributed by atoms with Crippen LogP contribution in [0.5, 0.6) is 5.75 Å². The highest BCUT2D eigenvalue weighted by atomic mass is 16.5. The van der Waals surface area contributed by atoms with Crippen molar-refractivity contribution in [2.45, 2.75) is 25.8 Å². The van der Waals surface area contributed by atoms with Crippen molar-refractivity contribution in [3.63, 3.8) is 0 Å². The van der Waals surface area contributed by atoms with E-state index in [2.05, 4.69) is 18.8 Å². The summed E-state index contributed by atoms with van der Waals surface area (Å²) in [4.78, 5) is 0. The van der Waals surface area contributed by atoms with E-state index >= 15 is 0 Å². The third-order valence-corrected chi connectivity index (χ3v) is 2.40. The van der Waals surface area contributed by atoms with Crippen LogP contribution in [0.1, 0.15) is 19.8 Å². The molecule has 0 saturated heterocycles. The number of rotatable bonds is 6. The molecule has 1 rings (SSSR count). The lowest BCUT2D eigenvalue weighted by molar-refractivity contribution is 0.415. The van der Waals surface area contributed by atoms with Crippen LogP contribution < -0.4 is 10.1 Å². The average molecular weight is 205 g/mol. The fourth-order valence-corrected chi connectivity index (χ4v) is 1.45. The third kappa shape index (κ3) is 3.66. The molecule has 0 amide bonds. The second-order valence-electron chi connectivity index (χ2n) is 3.50. The minimum absolute atomic E-state index is 0.468. The summed E-state index contributed by atoms with van der Waals surface area (Å²) in [6.45, 7) is 5.93. The van der Waals surface area contributed by atoms with E-state index in [1.54, 1.807) is 7.11 Å². The van der Waals surface area contributed by atoms with Gasteiger partial charge in [0, 0.05) is 11.7 Å². The van der Waals surface area contributed by atoms with E-state index in [9.17, 15) is 0 Å². The fourth-order valence-electron chi connectivity index (χ4n) is 1.45. The largest absolute Gasteiger partial charge is 0.497 e. The summed E-state index contributed by atoms with van der Waals surface area (Å²) in [5.74, 6) is 0.886. The quantitative estimate of drug-likeness (QED) is 0.718. The zero-order valence-corrected chi connectivity index (χ0v) is 9.49. The second-order valence-corrected chi connectivity index (χ2v) is 3.50. The van der Waals surface area contributed by atoms with Gasteiger partial charge in [-0.2, -0.15) is 0 Å². The lowest BCUT2D eigenvalue weighted by Crippen LogP contribution is -2.17. The average Bonchev–Trinajstić information content (AvgIpc) is 2.29. The molecule has 1 N–H and O–H groups in total. The lowest BCUT2D eigenvalue weighted by atomic mass is 10.1. The van der Waals surface area contributed by atoms with Crippen LogP contribution in [0.25, 0.3) is 0 Å². The maximum atomic E-state index is 5.10. The molecule has 0 spiro atoms. The molecule has 0 bridgehead atoms. The van der Waals surface area contributed by atoms with Gasteiger partial charge in [-0.15, -0.1) is 6.58 Å². The number of methoxy groups -OCH3 is 1. The first kappa shape index (κ1) is 11.6. The van der Waals surface area contributed by atoms with Crippen LogP contribution >= 0.6 is 0 Å². The van der Waals surface area contributed by atoms with Gasteiger partial charge in [0.15, 0.2) is 0 Å². The van der Waals surface area contributed by atoms with E-state index in [0.717, 1.165) is 24.3 Å². The molecular formula is C13H19NO. The molecule has 0 unspecified atom stereocenters. The topological polar surface area (TPSA) is 21.3 Å². The Kier molecular flexibility index (Phi) is 4.75. The summed E-state index contributed by atoms with van der Waals surface area (Å²) in [6, 6.07) is 8.46. The maximum Gasteiger partial charge on any atom is 0.119 e. The van der Waals surface area contributed by atoms with Crippen molar-refractivity contribution in [2.24, 2.45) is 0 Å². The van der Waals surface area contributed by atoms with Crippen molar-refractivity contribution in [1.29, 1.82) is 0 Å². The molecular weight excluding hydrogens is 186 g/mol. The molecule has 0 fully saturated rings. The van der Waals surface area contributed by atoms with E-state index in [0.29, 0.717) is 6.04 Å². The number of nitrogens with one attached hydrogen (secondary N) is 1. The summed E-state index contributed by atoms with van der Waals surface area (Å²) in [5, 5.41) is 3.45. The minimum Gasteiger partial charge on any atom is -0.497 e. The Morgan fingerprint density at radius 1 is 1.40 bits per heavy atom. The zero-order chi connectivity index (χ0) is 11.1. The van der Waals surface area contributed by atoms with Gasteiger partial charge in [-0.05, 0) is 37.1 Å². The smallest absolute Gasteiger partial charge is 0.119 e. The van der Waals surface area contributed by atoms with Gasteiger partial charge >= 0.3 is 0 Å². The first-order chi connectivity index (χ1) is 7.30. The van der Waals surface area contributed by atoms with Crippen molar-refractivity contribution in [3.05, 3.63) is 36.9 Å². The van der Waals surface area contributed by atoms with Gasteiger partial charge in [0.05, 0.1) is 7.11 Å². The number of anilines is 1. The Balaban J connectivity index is 2.58. The van der Waals surface area contributed by atoms with Gasteiger partial charge in [-0.25, -0.2) is 0 Å². The summed E-state index contributed by atoms with van der Waals surface area (Å²) < 4.78 is 5.10. The lowest BCUT2D eigenvalue weighted by Gasteiger charge is -2.16. The first-order valence-corrected chi connectivity index (χ1v) is 5.31. The van der Waals surface area contributed by atoms with Crippen molar-refractivity contribution >= 4 is 5.69 Å². The highest BCUT2D eigenvalue weighted by Gasteiger charge is 2.03. The standard InChI is InChI=1S/C13H19NO/c1-4-6-11(5-2)14-12-7-9-13(15-3)10-8-12/h4,7-11,14H,1,5-6H2,2-3H3/t11-/m0/s1. The molecule has 0 radical (unpaired) electrons. The zero-order valence-electron chi connectivity index (χ0n) is 9.49. The minimum atomic E-state index is 0.468. The van der Waals surface area contributed by atoms with Crippen molar-refractivity contribution in [1.82, 2.24) is 0 Å². The number of hydrogen-bond acceptors (Lipinski definition) is 2. The Labute approximate surface area is 92.0 Å². The van der Waals surface area contributed by atoms with E-state index in [1.165, 1.54) is 0 Å². The highest BCUT2D eigenvalue weighted by Crippen LogP contribution is 2.17. The summed E-state index contributed by atoms with van der Waals surface area (Å²) in [5.41, 5.74) is 1.13. The molecule has 2 heteroatoms. The van der Waals surface area contributed by atoms with Crippen LogP contribution in [0, 0.1) is 0 Å². The molecule has 0 aromatic heterocycles. The van der Waals surface area contributed by atoms with Crippen LogP contribution in [0.15, 0.2) is 36.9 Å². The Morgan fingerprint density at radius 2 is 2.07 bits per heavy atom. The molecule has 1 aromatic carbocycles. The Morgan fingerprint density at radius 3 is 2.53 bits per heavy atom. The van der Waals surface area contributed by atoms with E-state index < -0.39 is 0 Å². The normalized spacial score (nSPS) is 11.9. The van der Waals surface area contributed by atoms with Gasteiger partial charge in [0.1, 0.15) is 5.75 Å². The molecule has 1 atom stereocenters. The van der Waals surface area contributed by atoms with Gasteiger partial charge in [0.25, 0.3) is 0 Å². The Bertz CT molecular complexity index is 292. The molecule has 0 heterocycles. The highest BCUT2D eigenvalue weighted by molar-refractivity contribution is 5.47. The molecule has 15 heavy (non-hydrogen) atoms. The predicted molar refractivity (Wildman–Crippen MR) is 65.5 cm³/mol. The van der Waals surface area contributed by atoms with E-state index in [-0.39, 0.29) is 0 Å². The van der Waals surface area contributed by atoms with Crippen molar-refractivity contribution in [2.75, 3.05) is 12.4 Å². The van der Waals surface area contributed by atoms with Gasteiger partial charge in [-0.1, -0.05) is 13.0 Å². The van der Waals surface area contributed by atoms with E-state index in [1.807, 2.05) is 30.3 Å². The summed E-state index contributed by atoms with van der Waals surface area (Å²) in [6.07, 6.45) is 4.03. The summed E-state index contributed by atoms with van der Waals surface area (Å²) in [7, 11) is 1.68. The molecule has 0 saturated carbocycles. The molecule has 0 aliphatic carbocycles. The first-order valence-electron chi connectivity index (χ1n) is 5.31. The third-order valence-electron chi connectivity index (χ3n) is 2.40. The predicted octanol–water partition coefficient (Wildman–Crippen LogP) is 3.46. The molecule has 0 aliphatic rings. The van der Waals surface area contributed by atoms with Crippen molar-refractivity contribution < 1.29 is 4.74 Å². The van der Waals surface area contributed by atoms with Crippen molar-refractivity contribution in [3.8, 4) is 5.75 Å². The van der Waals surface area contributed by atoms with Crippen LogP contribution in [0.3, 0.4) is 0 Å². The maximum absolute atomic E-state index is 5.10. The fraction of sp³-hybridized carbons (Fsp3) is 0.385. The summed E-state index contributed by atoms with van der Waals surface area (Å²) >= 11 is 0. The Hall–Kier alpha value is -1.44. The van der Waals surface area contributed by atoms with Gasteiger partial charge in [-0.3, -0.25) is 0 Å². The molecule has 0 aliphatic heterocycles. The van der Waals surface area contributed by atoms with E-state index in [4.69, 9.17) is 4.74 Å². The van der Waals surface area contributed by atoms with Crippen LogP contribution in [0.4, 0.5) is 5.69 Å². The molecule has 2 nitrogen and oxygen atoms in total. The number of benzene rings is 1. The van der Waals surface area contributed by atoms with Gasteiger partial charge < -0.3 is 10.1 Å². The molecule has 1 aromatic rings.